The van der Waals surface area contributed by atoms with E-state index in [4.69, 9.17) is 0 Å². The number of carbonyl (C=O) groups excluding carboxylic acids is 1. The lowest BCUT2D eigenvalue weighted by molar-refractivity contribution is -0.385. The summed E-state index contributed by atoms with van der Waals surface area (Å²) >= 11 is 2.63. The number of methoxy groups -OCH3 is 1. The molecule has 0 atom stereocenters. The Labute approximate surface area is 125 Å². The largest absolute Gasteiger partial charge is 0.490 e. The van der Waals surface area contributed by atoms with E-state index in [0.29, 0.717) is 6.07 Å². The lowest BCUT2D eigenvalue weighted by Gasteiger charge is -2.19. The number of rotatable bonds is 3. The molecule has 10 heteroatoms. The van der Waals surface area contributed by atoms with E-state index in [1.165, 1.54) is 14.1 Å². The Hall–Kier alpha value is -1.84. The molecule has 0 saturated heterocycles. The third-order valence-corrected chi connectivity index (χ3v) is 3.14. The lowest BCUT2D eigenvalue weighted by atomic mass is 10.0. The van der Waals surface area contributed by atoms with Crippen LogP contribution < -0.4 is 4.74 Å². The minimum atomic E-state index is -4.89. The van der Waals surface area contributed by atoms with E-state index in [1.54, 1.807) is 0 Å². The zero-order valence-corrected chi connectivity index (χ0v) is 12.7. The van der Waals surface area contributed by atoms with Crippen molar-refractivity contribution >= 4 is 27.5 Å². The van der Waals surface area contributed by atoms with Crippen LogP contribution in [0.15, 0.2) is 10.5 Å². The highest BCUT2D eigenvalue weighted by molar-refractivity contribution is 9.10. The van der Waals surface area contributed by atoms with Gasteiger partial charge < -0.3 is 9.64 Å². The predicted octanol–water partition coefficient (Wildman–Crippen LogP) is 3.09. The van der Waals surface area contributed by atoms with Crippen molar-refractivity contribution in [1.29, 1.82) is 0 Å². The minimum absolute atomic E-state index is 0.604. The molecule has 0 aliphatic heterocycles. The topological polar surface area (TPSA) is 72.7 Å². The molecule has 0 unspecified atom stereocenters. The van der Waals surface area contributed by atoms with E-state index in [0.717, 1.165) is 12.0 Å². The summed E-state index contributed by atoms with van der Waals surface area (Å²) in [5.41, 5.74) is -2.96. The lowest BCUT2D eigenvalue weighted by Crippen LogP contribution is -2.26. The smallest absolute Gasteiger partial charge is 0.418 e. The summed E-state index contributed by atoms with van der Waals surface area (Å²) in [6.45, 7) is 0. The molecule has 1 aromatic carbocycles. The summed E-state index contributed by atoms with van der Waals surface area (Å²) in [6, 6.07) is 0.661. The van der Waals surface area contributed by atoms with Crippen molar-refractivity contribution in [3.63, 3.8) is 0 Å². The first-order chi connectivity index (χ1) is 9.52. The number of amides is 1. The molecule has 1 aromatic rings. The second-order valence-electron chi connectivity index (χ2n) is 4.12. The molecule has 116 valence electrons. The summed E-state index contributed by atoms with van der Waals surface area (Å²) in [7, 11) is 3.42. The number of nitro groups is 1. The summed E-state index contributed by atoms with van der Waals surface area (Å²) in [4.78, 5) is 22.9. The van der Waals surface area contributed by atoms with Crippen molar-refractivity contribution in [1.82, 2.24) is 4.90 Å². The van der Waals surface area contributed by atoms with Crippen LogP contribution in [-0.4, -0.2) is 36.9 Å². The van der Waals surface area contributed by atoms with Crippen LogP contribution in [0.3, 0.4) is 0 Å². The number of alkyl halides is 3. The number of hydrogen-bond acceptors (Lipinski definition) is 4. The molecule has 0 bridgehead atoms. The third kappa shape index (κ3) is 3.26. The first kappa shape index (κ1) is 17.2. The average molecular weight is 371 g/mol. The van der Waals surface area contributed by atoms with Gasteiger partial charge in [0.05, 0.1) is 17.6 Å². The molecule has 0 fully saturated rings. The highest BCUT2D eigenvalue weighted by atomic mass is 79.9. The molecule has 0 aromatic heterocycles. The average Bonchev–Trinajstić information content (AvgIpc) is 2.34. The molecule has 0 saturated carbocycles. The molecule has 6 nitrogen and oxygen atoms in total. The van der Waals surface area contributed by atoms with E-state index in [9.17, 15) is 28.1 Å². The first-order valence-electron chi connectivity index (χ1n) is 5.36. The summed E-state index contributed by atoms with van der Waals surface area (Å²) in [5, 5.41) is 10.9. The molecule has 0 radical (unpaired) electrons. The second-order valence-corrected chi connectivity index (χ2v) is 4.97. The van der Waals surface area contributed by atoms with Gasteiger partial charge in [-0.1, -0.05) is 0 Å². The molecular formula is C11H10BrF3N2O4. The van der Waals surface area contributed by atoms with Gasteiger partial charge in [-0.3, -0.25) is 14.9 Å². The first-order valence-corrected chi connectivity index (χ1v) is 6.15. The molecule has 1 rings (SSSR count). The van der Waals surface area contributed by atoms with Crippen LogP contribution in [0.2, 0.25) is 0 Å². The van der Waals surface area contributed by atoms with Gasteiger partial charge in [-0.05, 0) is 15.9 Å². The van der Waals surface area contributed by atoms with Crippen LogP contribution in [0.1, 0.15) is 15.9 Å². The number of ether oxygens (including phenoxy) is 1. The maximum absolute atomic E-state index is 13.2. The van der Waals surface area contributed by atoms with E-state index >= 15 is 0 Å². The number of halogens is 4. The number of hydrogen-bond donors (Lipinski definition) is 0. The number of carbonyl (C=O) groups is 1. The van der Waals surface area contributed by atoms with Gasteiger partial charge in [0.25, 0.3) is 5.91 Å². The summed E-state index contributed by atoms with van der Waals surface area (Å²) in [5.74, 6) is -1.78. The molecule has 0 spiro atoms. The molecule has 0 aliphatic rings. The maximum Gasteiger partial charge on any atom is 0.418 e. The van der Waals surface area contributed by atoms with Crippen LogP contribution in [0, 0.1) is 10.1 Å². The van der Waals surface area contributed by atoms with Crippen LogP contribution in [-0.2, 0) is 6.18 Å². The van der Waals surface area contributed by atoms with E-state index in [2.05, 4.69) is 20.7 Å². The van der Waals surface area contributed by atoms with Gasteiger partial charge >= 0.3 is 11.9 Å². The molecule has 1 amide bonds. The van der Waals surface area contributed by atoms with Crippen molar-refractivity contribution in [2.45, 2.75) is 6.18 Å². The van der Waals surface area contributed by atoms with Crippen molar-refractivity contribution in [2.75, 3.05) is 21.2 Å². The predicted molar refractivity (Wildman–Crippen MR) is 70.4 cm³/mol. The zero-order chi connectivity index (χ0) is 16.5. The Bertz CT molecular complexity index is 602. The van der Waals surface area contributed by atoms with E-state index in [-0.39, 0.29) is 0 Å². The van der Waals surface area contributed by atoms with Gasteiger partial charge in [0.1, 0.15) is 5.56 Å². The molecule has 0 N–H and O–H groups in total. The van der Waals surface area contributed by atoms with Gasteiger partial charge in [0.2, 0.25) is 5.75 Å². The Kier molecular flexibility index (Phi) is 4.82. The Morgan fingerprint density at radius 1 is 1.43 bits per heavy atom. The molecule has 21 heavy (non-hydrogen) atoms. The zero-order valence-electron chi connectivity index (χ0n) is 11.1. The van der Waals surface area contributed by atoms with E-state index < -0.39 is 44.0 Å². The fraction of sp³-hybridized carbons (Fsp3) is 0.364. The normalized spacial score (nSPS) is 11.2. The Morgan fingerprint density at radius 3 is 2.29 bits per heavy atom. The second kappa shape index (κ2) is 5.88. The highest BCUT2D eigenvalue weighted by Crippen LogP contribution is 2.45. The van der Waals surface area contributed by atoms with Gasteiger partial charge in [-0.15, -0.1) is 0 Å². The Balaban J connectivity index is 3.90. The number of nitro benzene ring substituents is 1. The molecular weight excluding hydrogens is 361 g/mol. The van der Waals surface area contributed by atoms with Crippen LogP contribution in [0.25, 0.3) is 0 Å². The Morgan fingerprint density at radius 2 is 1.95 bits per heavy atom. The van der Waals surface area contributed by atoms with Crippen molar-refractivity contribution in [3.05, 3.63) is 31.8 Å². The van der Waals surface area contributed by atoms with Gasteiger partial charge in [-0.25, -0.2) is 0 Å². The van der Waals surface area contributed by atoms with Crippen LogP contribution in [0.4, 0.5) is 18.9 Å². The number of benzene rings is 1. The maximum atomic E-state index is 13.2. The van der Waals surface area contributed by atoms with Gasteiger partial charge in [-0.2, -0.15) is 13.2 Å². The highest BCUT2D eigenvalue weighted by Gasteiger charge is 2.42. The quantitative estimate of drug-likeness (QED) is 0.605. The summed E-state index contributed by atoms with van der Waals surface area (Å²) < 4.78 is 43.6. The SMILES string of the molecule is COc1c([N+](=O)[O-])cc(Br)c(C(F)(F)F)c1C(=O)N(C)C. The fourth-order valence-corrected chi connectivity index (χ4v) is 2.31. The van der Waals surface area contributed by atoms with Crippen molar-refractivity contribution in [3.8, 4) is 5.75 Å². The van der Waals surface area contributed by atoms with Crippen molar-refractivity contribution in [2.24, 2.45) is 0 Å². The molecule has 0 heterocycles. The fourth-order valence-electron chi connectivity index (χ4n) is 1.67. The van der Waals surface area contributed by atoms with Gasteiger partial charge in [0.15, 0.2) is 0 Å². The van der Waals surface area contributed by atoms with Gasteiger partial charge in [0, 0.05) is 24.6 Å². The van der Waals surface area contributed by atoms with Crippen molar-refractivity contribution < 1.29 is 27.6 Å². The van der Waals surface area contributed by atoms with Crippen LogP contribution >= 0.6 is 15.9 Å². The monoisotopic (exact) mass is 370 g/mol. The summed E-state index contributed by atoms with van der Waals surface area (Å²) in [6.07, 6.45) is -4.89. The molecule has 0 aliphatic carbocycles. The number of nitrogens with zero attached hydrogens (tertiary/aromatic N) is 2. The van der Waals surface area contributed by atoms with E-state index in [1.807, 2.05) is 0 Å². The standard InChI is InChI=1S/C11H10BrF3N2O4/c1-16(2)10(18)7-8(11(13,14)15)5(12)4-6(17(19)20)9(7)21-3/h4H,1-3H3. The van der Waals surface area contributed by atoms with Crippen LogP contribution in [0.5, 0.6) is 5.75 Å². The third-order valence-electron chi connectivity index (χ3n) is 2.52. The minimum Gasteiger partial charge on any atom is -0.490 e.